The molecule has 0 aliphatic carbocycles. The van der Waals surface area contributed by atoms with E-state index in [1.54, 1.807) is 12.3 Å². The SMILES string of the molecule is COC(=O)c1cc(Cl)c2nnc(C3CCSC3)n2c1. The second-order valence-electron chi connectivity index (χ2n) is 4.38. The number of ether oxygens (including phenoxy) is 1. The van der Waals surface area contributed by atoms with Gasteiger partial charge in [0, 0.05) is 17.9 Å². The first-order chi connectivity index (χ1) is 9.20. The molecule has 1 fully saturated rings. The summed E-state index contributed by atoms with van der Waals surface area (Å²) < 4.78 is 6.54. The molecule has 0 N–H and O–H groups in total. The number of hydrogen-bond donors (Lipinski definition) is 0. The van der Waals surface area contributed by atoms with E-state index in [1.165, 1.54) is 7.11 Å². The van der Waals surface area contributed by atoms with Crippen molar-refractivity contribution in [3.8, 4) is 0 Å². The molecule has 100 valence electrons. The Balaban J connectivity index is 2.14. The van der Waals surface area contributed by atoms with Gasteiger partial charge in [0.25, 0.3) is 0 Å². The molecule has 3 rings (SSSR count). The van der Waals surface area contributed by atoms with Gasteiger partial charge in [0.05, 0.1) is 17.7 Å². The van der Waals surface area contributed by atoms with Gasteiger partial charge in [-0.2, -0.15) is 11.8 Å². The molecular weight excluding hydrogens is 286 g/mol. The standard InChI is InChI=1S/C12H12ClN3O2S/c1-18-12(17)8-4-9(13)11-15-14-10(16(11)5-8)7-2-3-19-6-7/h4-5,7H,2-3,6H2,1H3. The number of rotatable bonds is 2. The maximum Gasteiger partial charge on any atom is 0.339 e. The van der Waals surface area contributed by atoms with E-state index in [4.69, 9.17) is 16.3 Å². The average Bonchev–Trinajstić information content (AvgIpc) is 3.05. The highest BCUT2D eigenvalue weighted by Gasteiger charge is 2.24. The van der Waals surface area contributed by atoms with Crippen LogP contribution in [0.3, 0.4) is 0 Å². The van der Waals surface area contributed by atoms with E-state index >= 15 is 0 Å². The van der Waals surface area contributed by atoms with Crippen molar-refractivity contribution in [2.75, 3.05) is 18.6 Å². The predicted molar refractivity (Wildman–Crippen MR) is 74.0 cm³/mol. The Morgan fingerprint density at radius 1 is 1.58 bits per heavy atom. The van der Waals surface area contributed by atoms with Crippen LogP contribution in [-0.4, -0.2) is 39.2 Å². The topological polar surface area (TPSA) is 56.5 Å². The summed E-state index contributed by atoms with van der Waals surface area (Å²) in [6.07, 6.45) is 2.77. The van der Waals surface area contributed by atoms with Gasteiger partial charge in [0.2, 0.25) is 0 Å². The van der Waals surface area contributed by atoms with Crippen molar-refractivity contribution in [2.24, 2.45) is 0 Å². The summed E-state index contributed by atoms with van der Waals surface area (Å²) in [6, 6.07) is 1.56. The normalized spacial score (nSPS) is 18.9. The Morgan fingerprint density at radius 3 is 3.11 bits per heavy atom. The van der Waals surface area contributed by atoms with Crippen molar-refractivity contribution >= 4 is 35.0 Å². The third-order valence-electron chi connectivity index (χ3n) is 3.20. The van der Waals surface area contributed by atoms with Gasteiger partial charge in [-0.1, -0.05) is 11.6 Å². The van der Waals surface area contributed by atoms with Crippen molar-refractivity contribution in [3.63, 3.8) is 0 Å². The van der Waals surface area contributed by atoms with Gasteiger partial charge in [-0.05, 0) is 18.2 Å². The van der Waals surface area contributed by atoms with Crippen LogP contribution in [0.2, 0.25) is 5.02 Å². The Morgan fingerprint density at radius 2 is 2.42 bits per heavy atom. The zero-order valence-corrected chi connectivity index (χ0v) is 11.9. The molecule has 7 heteroatoms. The van der Waals surface area contributed by atoms with Gasteiger partial charge >= 0.3 is 5.97 Å². The second-order valence-corrected chi connectivity index (χ2v) is 5.94. The molecule has 5 nitrogen and oxygen atoms in total. The van der Waals surface area contributed by atoms with Gasteiger partial charge in [-0.25, -0.2) is 4.79 Å². The molecule has 0 bridgehead atoms. The van der Waals surface area contributed by atoms with Crippen molar-refractivity contribution in [3.05, 3.63) is 28.7 Å². The van der Waals surface area contributed by atoms with E-state index in [0.717, 1.165) is 23.8 Å². The van der Waals surface area contributed by atoms with E-state index in [-0.39, 0.29) is 0 Å². The van der Waals surface area contributed by atoms with Crippen molar-refractivity contribution in [1.29, 1.82) is 0 Å². The molecule has 2 aromatic heterocycles. The van der Waals surface area contributed by atoms with Crippen LogP contribution in [0.15, 0.2) is 12.3 Å². The van der Waals surface area contributed by atoms with Crippen LogP contribution in [0.1, 0.15) is 28.5 Å². The van der Waals surface area contributed by atoms with E-state index in [0.29, 0.717) is 22.2 Å². The molecule has 0 saturated carbocycles. The summed E-state index contributed by atoms with van der Waals surface area (Å²) in [7, 11) is 1.35. The molecule has 0 spiro atoms. The van der Waals surface area contributed by atoms with Crippen LogP contribution >= 0.6 is 23.4 Å². The quantitative estimate of drug-likeness (QED) is 0.797. The lowest BCUT2D eigenvalue weighted by Crippen LogP contribution is -2.07. The molecule has 1 saturated heterocycles. The summed E-state index contributed by atoms with van der Waals surface area (Å²) in [6.45, 7) is 0. The molecule has 0 radical (unpaired) electrons. The van der Waals surface area contributed by atoms with Crippen molar-refractivity contribution in [1.82, 2.24) is 14.6 Å². The number of hydrogen-bond acceptors (Lipinski definition) is 5. The van der Waals surface area contributed by atoms with Crippen molar-refractivity contribution in [2.45, 2.75) is 12.3 Å². The summed E-state index contributed by atoms with van der Waals surface area (Å²) >= 11 is 8.05. The number of methoxy groups -OCH3 is 1. The molecule has 2 aromatic rings. The maximum absolute atomic E-state index is 11.6. The second kappa shape index (κ2) is 5.02. The first-order valence-corrected chi connectivity index (χ1v) is 7.44. The molecule has 0 amide bonds. The zero-order chi connectivity index (χ0) is 13.4. The number of aromatic nitrogens is 3. The third kappa shape index (κ3) is 2.19. The maximum atomic E-state index is 11.6. The van der Waals surface area contributed by atoms with Crippen molar-refractivity contribution < 1.29 is 9.53 Å². The van der Waals surface area contributed by atoms with E-state index < -0.39 is 5.97 Å². The van der Waals surface area contributed by atoms with Gasteiger partial charge < -0.3 is 4.74 Å². The molecule has 0 aromatic carbocycles. The highest BCUT2D eigenvalue weighted by atomic mass is 35.5. The average molecular weight is 298 g/mol. The minimum absolute atomic E-state index is 0.365. The Kier molecular flexibility index (Phi) is 3.36. The van der Waals surface area contributed by atoms with Gasteiger partial charge in [0.15, 0.2) is 5.65 Å². The lowest BCUT2D eigenvalue weighted by atomic mass is 10.1. The Labute approximate surface area is 119 Å². The molecule has 3 heterocycles. The number of carbonyl (C=O) groups is 1. The van der Waals surface area contributed by atoms with E-state index in [2.05, 4.69) is 10.2 Å². The molecular formula is C12H12ClN3O2S. The number of halogens is 1. The first-order valence-electron chi connectivity index (χ1n) is 5.91. The summed E-state index contributed by atoms with van der Waals surface area (Å²) in [5.74, 6) is 2.98. The smallest absolute Gasteiger partial charge is 0.339 e. The number of nitrogens with zero attached hydrogens (tertiary/aromatic N) is 3. The Bertz CT molecular complexity index is 637. The van der Waals surface area contributed by atoms with E-state index in [9.17, 15) is 4.79 Å². The predicted octanol–water partition coefficient (Wildman–Crippen LogP) is 2.39. The number of thioether (sulfide) groups is 1. The van der Waals surface area contributed by atoms with Crippen LogP contribution in [0.25, 0.3) is 5.65 Å². The first kappa shape index (κ1) is 12.7. The minimum atomic E-state index is -0.413. The van der Waals surface area contributed by atoms with Crippen LogP contribution in [-0.2, 0) is 4.74 Å². The molecule has 1 aliphatic rings. The minimum Gasteiger partial charge on any atom is -0.465 e. The molecule has 1 unspecified atom stereocenters. The molecule has 19 heavy (non-hydrogen) atoms. The fourth-order valence-electron chi connectivity index (χ4n) is 2.22. The number of esters is 1. The van der Waals surface area contributed by atoms with Crippen LogP contribution in [0.4, 0.5) is 0 Å². The molecule has 1 aliphatic heterocycles. The zero-order valence-electron chi connectivity index (χ0n) is 10.3. The number of carbonyl (C=O) groups excluding carboxylic acids is 1. The van der Waals surface area contributed by atoms with E-state index in [1.807, 2.05) is 16.2 Å². The summed E-state index contributed by atoms with van der Waals surface area (Å²) in [5.41, 5.74) is 0.993. The van der Waals surface area contributed by atoms with Crippen LogP contribution in [0, 0.1) is 0 Å². The fraction of sp³-hybridized carbons (Fsp3) is 0.417. The van der Waals surface area contributed by atoms with Gasteiger partial charge in [-0.15, -0.1) is 10.2 Å². The lowest BCUT2D eigenvalue weighted by molar-refractivity contribution is 0.0600. The summed E-state index contributed by atoms with van der Waals surface area (Å²) in [4.78, 5) is 11.6. The molecule has 1 atom stereocenters. The largest absolute Gasteiger partial charge is 0.465 e. The Hall–Kier alpha value is -1.27. The highest BCUT2D eigenvalue weighted by molar-refractivity contribution is 7.99. The summed E-state index contributed by atoms with van der Waals surface area (Å²) in [5, 5.41) is 8.75. The number of pyridine rings is 1. The van der Waals surface area contributed by atoms with Gasteiger partial charge in [0.1, 0.15) is 5.82 Å². The van der Waals surface area contributed by atoms with Crippen LogP contribution in [0.5, 0.6) is 0 Å². The number of fused-ring (bicyclic) bond motifs is 1. The fourth-order valence-corrected chi connectivity index (χ4v) is 3.68. The monoisotopic (exact) mass is 297 g/mol. The third-order valence-corrected chi connectivity index (χ3v) is 4.64. The van der Waals surface area contributed by atoms with Gasteiger partial charge in [-0.3, -0.25) is 4.40 Å². The highest BCUT2D eigenvalue weighted by Crippen LogP contribution is 2.32. The lowest BCUT2D eigenvalue weighted by Gasteiger charge is -2.07. The van der Waals surface area contributed by atoms with Crippen LogP contribution < -0.4 is 0 Å².